The first kappa shape index (κ1) is 16.6. The second kappa shape index (κ2) is 7.51. The Bertz CT molecular complexity index is 729. The normalized spacial score (nSPS) is 11.0. The van der Waals surface area contributed by atoms with Crippen LogP contribution >= 0.6 is 11.6 Å². The highest BCUT2D eigenvalue weighted by Gasteiger charge is 2.12. The summed E-state index contributed by atoms with van der Waals surface area (Å²) in [5, 5.41) is 4.20. The Morgan fingerprint density at radius 2 is 1.61 bits per heavy atom. The Labute approximate surface area is 138 Å². The standard InChI is InChI=1S/C16H15ClN2O4/c1-21-13-8-5-11(9-14(13)22-2)16(20)23-19-15(18)10-3-6-12(17)7-4-10/h3-9H,1-2H3,(H2,18,19). The van der Waals surface area contributed by atoms with Crippen LogP contribution in [0, 0.1) is 0 Å². The van der Waals surface area contributed by atoms with Crippen molar-refractivity contribution >= 4 is 23.4 Å². The lowest BCUT2D eigenvalue weighted by atomic mass is 10.2. The summed E-state index contributed by atoms with van der Waals surface area (Å²) >= 11 is 5.79. The molecule has 7 heteroatoms. The highest BCUT2D eigenvalue weighted by Crippen LogP contribution is 2.27. The maximum absolute atomic E-state index is 12.0. The summed E-state index contributed by atoms with van der Waals surface area (Å²) in [6, 6.07) is 11.3. The molecular formula is C16H15ClN2O4. The highest BCUT2D eigenvalue weighted by molar-refractivity contribution is 6.30. The number of benzene rings is 2. The molecule has 23 heavy (non-hydrogen) atoms. The number of rotatable bonds is 5. The summed E-state index contributed by atoms with van der Waals surface area (Å²) in [4.78, 5) is 16.8. The minimum atomic E-state index is -0.664. The van der Waals surface area contributed by atoms with Crippen LogP contribution in [0.1, 0.15) is 15.9 Å². The van der Waals surface area contributed by atoms with Crippen molar-refractivity contribution in [3.05, 3.63) is 58.6 Å². The van der Waals surface area contributed by atoms with E-state index in [0.717, 1.165) is 0 Å². The fourth-order valence-electron chi connectivity index (χ4n) is 1.78. The van der Waals surface area contributed by atoms with Gasteiger partial charge in [0.15, 0.2) is 17.3 Å². The van der Waals surface area contributed by atoms with Gasteiger partial charge in [0.2, 0.25) is 0 Å². The molecule has 2 rings (SSSR count). The minimum Gasteiger partial charge on any atom is -0.493 e. The van der Waals surface area contributed by atoms with Gasteiger partial charge in [-0.05, 0) is 42.5 Å². The van der Waals surface area contributed by atoms with Crippen molar-refractivity contribution in [1.82, 2.24) is 0 Å². The Balaban J connectivity index is 2.12. The first-order valence-electron chi connectivity index (χ1n) is 6.58. The molecule has 0 saturated carbocycles. The van der Waals surface area contributed by atoms with Crippen molar-refractivity contribution in [2.75, 3.05) is 14.2 Å². The molecule has 0 heterocycles. The van der Waals surface area contributed by atoms with Crippen LogP contribution in [0.25, 0.3) is 0 Å². The molecular weight excluding hydrogens is 320 g/mol. The molecule has 2 aromatic carbocycles. The van der Waals surface area contributed by atoms with E-state index in [1.165, 1.54) is 26.4 Å². The van der Waals surface area contributed by atoms with E-state index < -0.39 is 5.97 Å². The van der Waals surface area contributed by atoms with Crippen LogP contribution in [-0.4, -0.2) is 26.0 Å². The van der Waals surface area contributed by atoms with Crippen LogP contribution in [0.15, 0.2) is 47.6 Å². The summed E-state index contributed by atoms with van der Waals surface area (Å²) in [7, 11) is 2.98. The molecule has 2 aromatic rings. The number of hydrogen-bond acceptors (Lipinski definition) is 5. The van der Waals surface area contributed by atoms with Crippen molar-refractivity contribution < 1.29 is 19.1 Å². The molecule has 0 spiro atoms. The number of ether oxygens (including phenoxy) is 2. The predicted molar refractivity (Wildman–Crippen MR) is 87.1 cm³/mol. The zero-order valence-electron chi connectivity index (χ0n) is 12.6. The Morgan fingerprint density at radius 3 is 2.22 bits per heavy atom. The van der Waals surface area contributed by atoms with Gasteiger partial charge in [0.05, 0.1) is 19.8 Å². The molecule has 0 saturated heterocycles. The predicted octanol–water partition coefficient (Wildman–Crippen LogP) is 2.83. The van der Waals surface area contributed by atoms with E-state index in [9.17, 15) is 4.79 Å². The minimum absolute atomic E-state index is 0.0653. The molecule has 0 unspecified atom stereocenters. The molecule has 2 N–H and O–H groups in total. The molecule has 0 radical (unpaired) electrons. The average Bonchev–Trinajstić information content (AvgIpc) is 2.59. The largest absolute Gasteiger partial charge is 0.493 e. The molecule has 0 fully saturated rings. The maximum atomic E-state index is 12.0. The fourth-order valence-corrected chi connectivity index (χ4v) is 1.91. The number of carbonyl (C=O) groups is 1. The molecule has 120 valence electrons. The third kappa shape index (κ3) is 4.14. The van der Waals surface area contributed by atoms with Crippen molar-refractivity contribution in [3.63, 3.8) is 0 Å². The first-order chi connectivity index (χ1) is 11.0. The molecule has 0 aliphatic carbocycles. The third-order valence-electron chi connectivity index (χ3n) is 2.99. The van der Waals surface area contributed by atoms with Gasteiger partial charge in [-0.2, -0.15) is 0 Å². The van der Waals surface area contributed by atoms with Gasteiger partial charge in [-0.1, -0.05) is 16.8 Å². The second-order valence-electron chi connectivity index (χ2n) is 4.43. The first-order valence-corrected chi connectivity index (χ1v) is 6.95. The molecule has 0 amide bonds. The van der Waals surface area contributed by atoms with Gasteiger partial charge in [-0.3, -0.25) is 0 Å². The van der Waals surface area contributed by atoms with Crippen molar-refractivity contribution in [2.45, 2.75) is 0 Å². The number of nitrogens with zero attached hydrogens (tertiary/aromatic N) is 1. The van der Waals surface area contributed by atoms with Gasteiger partial charge in [0.25, 0.3) is 0 Å². The van der Waals surface area contributed by atoms with Gasteiger partial charge >= 0.3 is 5.97 Å². The smallest absolute Gasteiger partial charge is 0.365 e. The summed E-state index contributed by atoms with van der Waals surface area (Å²) in [5.74, 6) is 0.322. The maximum Gasteiger partial charge on any atom is 0.365 e. The summed E-state index contributed by atoms with van der Waals surface area (Å²) < 4.78 is 10.2. The van der Waals surface area contributed by atoms with E-state index in [-0.39, 0.29) is 11.4 Å². The zero-order chi connectivity index (χ0) is 16.8. The van der Waals surface area contributed by atoms with Crippen LogP contribution < -0.4 is 15.2 Å². The lowest BCUT2D eigenvalue weighted by Crippen LogP contribution is -2.15. The van der Waals surface area contributed by atoms with E-state index in [0.29, 0.717) is 22.1 Å². The van der Waals surface area contributed by atoms with Crippen LogP contribution in [0.3, 0.4) is 0 Å². The van der Waals surface area contributed by atoms with Crippen molar-refractivity contribution in [2.24, 2.45) is 10.9 Å². The van der Waals surface area contributed by atoms with E-state index >= 15 is 0 Å². The van der Waals surface area contributed by atoms with Gasteiger partial charge in [-0.15, -0.1) is 0 Å². The Kier molecular flexibility index (Phi) is 5.43. The number of halogens is 1. The van der Waals surface area contributed by atoms with Crippen molar-refractivity contribution in [3.8, 4) is 11.5 Å². The number of oxime groups is 1. The monoisotopic (exact) mass is 334 g/mol. The molecule has 0 aliphatic rings. The zero-order valence-corrected chi connectivity index (χ0v) is 13.3. The van der Waals surface area contributed by atoms with E-state index in [1.807, 2.05) is 0 Å². The van der Waals surface area contributed by atoms with Crippen LogP contribution in [-0.2, 0) is 4.84 Å². The molecule has 6 nitrogen and oxygen atoms in total. The lowest BCUT2D eigenvalue weighted by molar-refractivity contribution is 0.0515. The summed E-state index contributed by atoms with van der Waals surface area (Å²) in [5.41, 5.74) is 6.61. The van der Waals surface area contributed by atoms with E-state index in [4.69, 9.17) is 31.6 Å². The quantitative estimate of drug-likeness (QED) is 0.393. The number of nitrogens with two attached hydrogens (primary N) is 1. The lowest BCUT2D eigenvalue weighted by Gasteiger charge is -2.08. The van der Waals surface area contributed by atoms with Gasteiger partial charge in [0.1, 0.15) is 0 Å². The Hall–Kier alpha value is -2.73. The second-order valence-corrected chi connectivity index (χ2v) is 4.87. The van der Waals surface area contributed by atoms with Crippen molar-refractivity contribution in [1.29, 1.82) is 0 Å². The SMILES string of the molecule is COc1ccc(C(=O)O/N=C(/N)c2ccc(Cl)cc2)cc1OC. The van der Waals surface area contributed by atoms with Gasteiger partial charge < -0.3 is 20.0 Å². The van der Waals surface area contributed by atoms with Crippen LogP contribution in [0.2, 0.25) is 5.02 Å². The third-order valence-corrected chi connectivity index (χ3v) is 3.24. The fraction of sp³-hybridized carbons (Fsp3) is 0.125. The molecule has 0 aliphatic heterocycles. The number of carbonyl (C=O) groups excluding carboxylic acids is 1. The van der Waals surface area contributed by atoms with E-state index in [2.05, 4.69) is 5.16 Å². The summed E-state index contributed by atoms with van der Waals surface area (Å²) in [6.07, 6.45) is 0. The Morgan fingerprint density at radius 1 is 1.00 bits per heavy atom. The number of methoxy groups -OCH3 is 2. The molecule has 0 bridgehead atoms. The number of hydrogen-bond donors (Lipinski definition) is 1. The van der Waals surface area contributed by atoms with Gasteiger partial charge in [0, 0.05) is 10.6 Å². The molecule has 0 atom stereocenters. The molecule has 0 aromatic heterocycles. The van der Waals surface area contributed by atoms with Crippen LogP contribution in [0.4, 0.5) is 0 Å². The topological polar surface area (TPSA) is 83.1 Å². The van der Waals surface area contributed by atoms with Gasteiger partial charge in [-0.25, -0.2) is 4.79 Å². The van der Waals surface area contributed by atoms with E-state index in [1.54, 1.807) is 30.3 Å². The highest BCUT2D eigenvalue weighted by atomic mass is 35.5. The number of amidine groups is 1. The van der Waals surface area contributed by atoms with Crippen LogP contribution in [0.5, 0.6) is 11.5 Å². The summed E-state index contributed by atoms with van der Waals surface area (Å²) in [6.45, 7) is 0. The average molecular weight is 335 g/mol.